The molecule has 0 saturated heterocycles. The summed E-state index contributed by atoms with van der Waals surface area (Å²) < 4.78 is 27.7. The molecule has 1 aromatic carbocycles. The van der Waals surface area contributed by atoms with E-state index in [4.69, 9.17) is 0 Å². The van der Waals surface area contributed by atoms with Crippen LogP contribution >= 0.6 is 0 Å². The Kier molecular flexibility index (Phi) is 5.37. The highest BCUT2D eigenvalue weighted by atomic mass is 19.1. The van der Waals surface area contributed by atoms with Crippen LogP contribution in [0.1, 0.15) is 52.0 Å². The molecule has 1 fully saturated rings. The molecule has 0 radical (unpaired) electrons. The molecule has 1 nitrogen and oxygen atoms in total. The Balaban J connectivity index is 2.09. The molecule has 0 heterocycles. The van der Waals surface area contributed by atoms with E-state index in [1.807, 2.05) is 0 Å². The second-order valence-corrected chi connectivity index (χ2v) is 7.07. The normalized spacial score (nSPS) is 20.4. The van der Waals surface area contributed by atoms with Crippen molar-refractivity contribution in [2.45, 2.75) is 58.9 Å². The smallest absolute Gasteiger partial charge is 0.129 e. The van der Waals surface area contributed by atoms with Gasteiger partial charge in [-0.25, -0.2) is 8.78 Å². The molecule has 1 aliphatic rings. The maximum absolute atomic E-state index is 13.9. The Bertz CT molecular complexity index is 440. The van der Waals surface area contributed by atoms with Crippen LogP contribution in [0.25, 0.3) is 0 Å². The number of rotatable bonds is 5. The molecule has 0 aromatic heterocycles. The van der Waals surface area contributed by atoms with Crippen LogP contribution in [0.2, 0.25) is 0 Å². The van der Waals surface area contributed by atoms with Gasteiger partial charge in [-0.2, -0.15) is 0 Å². The maximum Gasteiger partial charge on any atom is 0.129 e. The summed E-state index contributed by atoms with van der Waals surface area (Å²) in [7, 11) is 0. The fourth-order valence-electron chi connectivity index (χ4n) is 3.44. The highest BCUT2D eigenvalue weighted by Gasteiger charge is 2.31. The molecule has 1 aliphatic carbocycles. The number of benzene rings is 1. The molecule has 118 valence electrons. The van der Waals surface area contributed by atoms with E-state index in [2.05, 4.69) is 26.1 Å². The van der Waals surface area contributed by atoms with E-state index in [1.165, 1.54) is 31.0 Å². The first-order chi connectivity index (χ1) is 9.93. The number of halogens is 2. The summed E-state index contributed by atoms with van der Waals surface area (Å²) in [5, 5.41) is 3.45. The van der Waals surface area contributed by atoms with E-state index in [9.17, 15) is 8.78 Å². The quantitative estimate of drug-likeness (QED) is 0.830. The first-order valence-corrected chi connectivity index (χ1v) is 8.09. The summed E-state index contributed by atoms with van der Waals surface area (Å²) in [6.45, 7) is 7.50. The van der Waals surface area contributed by atoms with Crippen LogP contribution in [-0.2, 0) is 6.42 Å². The van der Waals surface area contributed by atoms with Gasteiger partial charge in [0.1, 0.15) is 11.6 Å². The Morgan fingerprint density at radius 2 is 1.76 bits per heavy atom. The Morgan fingerprint density at radius 1 is 1.19 bits per heavy atom. The van der Waals surface area contributed by atoms with Crippen molar-refractivity contribution in [2.75, 3.05) is 6.54 Å². The van der Waals surface area contributed by atoms with Crippen LogP contribution in [-0.4, -0.2) is 12.6 Å². The van der Waals surface area contributed by atoms with Gasteiger partial charge in [-0.1, -0.05) is 26.8 Å². The average Bonchev–Trinajstić information content (AvgIpc) is 2.42. The number of hydrogen-bond acceptors (Lipinski definition) is 1. The lowest BCUT2D eigenvalue weighted by Gasteiger charge is -2.38. The Labute approximate surface area is 127 Å². The van der Waals surface area contributed by atoms with Crippen molar-refractivity contribution in [3.63, 3.8) is 0 Å². The lowest BCUT2D eigenvalue weighted by Crippen LogP contribution is -2.41. The fraction of sp³-hybridized carbons (Fsp3) is 0.667. The third kappa shape index (κ3) is 4.26. The van der Waals surface area contributed by atoms with Gasteiger partial charge in [-0.3, -0.25) is 0 Å². The van der Waals surface area contributed by atoms with E-state index in [0.717, 1.165) is 19.4 Å². The number of nitrogens with one attached hydrogen (secondary N) is 1. The lowest BCUT2D eigenvalue weighted by molar-refractivity contribution is 0.160. The van der Waals surface area contributed by atoms with Crippen molar-refractivity contribution < 1.29 is 8.78 Å². The molecule has 0 spiro atoms. The Morgan fingerprint density at radius 3 is 2.29 bits per heavy atom. The monoisotopic (exact) mass is 295 g/mol. The van der Waals surface area contributed by atoms with E-state index < -0.39 is 11.6 Å². The third-order valence-electron chi connectivity index (χ3n) is 4.90. The van der Waals surface area contributed by atoms with Crippen LogP contribution in [0.15, 0.2) is 18.2 Å². The van der Waals surface area contributed by atoms with Crippen LogP contribution in [0.3, 0.4) is 0 Å². The fourth-order valence-corrected chi connectivity index (χ4v) is 3.44. The molecular weight excluding hydrogens is 268 g/mol. The van der Waals surface area contributed by atoms with Crippen LogP contribution in [0, 0.1) is 23.0 Å². The molecule has 1 aromatic rings. The molecule has 0 aliphatic heterocycles. The van der Waals surface area contributed by atoms with Crippen LogP contribution in [0.5, 0.6) is 0 Å². The second kappa shape index (κ2) is 6.87. The lowest BCUT2D eigenvalue weighted by atomic mass is 9.70. The molecule has 0 amide bonds. The van der Waals surface area contributed by atoms with Gasteiger partial charge in [0.15, 0.2) is 0 Å². The van der Waals surface area contributed by atoms with Crippen LogP contribution in [0.4, 0.5) is 8.78 Å². The molecule has 1 unspecified atom stereocenters. The van der Waals surface area contributed by atoms with Crippen molar-refractivity contribution in [3.05, 3.63) is 35.4 Å². The highest BCUT2D eigenvalue weighted by molar-refractivity contribution is 5.21. The maximum atomic E-state index is 13.9. The van der Waals surface area contributed by atoms with Crippen molar-refractivity contribution in [3.8, 4) is 0 Å². The first kappa shape index (κ1) is 16.4. The Hall–Kier alpha value is -0.960. The van der Waals surface area contributed by atoms with Gasteiger partial charge in [-0.05, 0) is 62.1 Å². The van der Waals surface area contributed by atoms with Crippen molar-refractivity contribution in [1.29, 1.82) is 0 Å². The first-order valence-electron chi connectivity index (χ1n) is 8.09. The van der Waals surface area contributed by atoms with Crippen LogP contribution < -0.4 is 5.32 Å². The largest absolute Gasteiger partial charge is 0.314 e. The standard InChI is InChI=1S/C18H27F2N/c1-4-21-17(13-8-10-18(2,3)11-9-13)12-14-15(19)6-5-7-16(14)20/h5-7,13,17,21H,4,8-12H2,1-3H3. The predicted molar refractivity (Wildman–Crippen MR) is 83.3 cm³/mol. The van der Waals surface area contributed by atoms with E-state index in [-0.39, 0.29) is 11.6 Å². The van der Waals surface area contributed by atoms with Gasteiger partial charge in [0.05, 0.1) is 0 Å². The summed E-state index contributed by atoms with van der Waals surface area (Å²) >= 11 is 0. The molecular formula is C18H27F2N. The van der Waals surface area contributed by atoms with Crippen molar-refractivity contribution in [1.82, 2.24) is 5.32 Å². The average molecular weight is 295 g/mol. The minimum absolute atomic E-state index is 0.164. The minimum Gasteiger partial charge on any atom is -0.314 e. The van der Waals surface area contributed by atoms with Crippen molar-refractivity contribution >= 4 is 0 Å². The minimum atomic E-state index is -0.422. The predicted octanol–water partition coefficient (Wildman–Crippen LogP) is 4.70. The zero-order valence-corrected chi connectivity index (χ0v) is 13.4. The molecule has 21 heavy (non-hydrogen) atoms. The number of likely N-dealkylation sites (N-methyl/N-ethyl adjacent to an activating group) is 1. The van der Waals surface area contributed by atoms with Crippen molar-refractivity contribution in [2.24, 2.45) is 11.3 Å². The number of hydrogen-bond donors (Lipinski definition) is 1. The molecule has 2 rings (SSSR count). The van der Waals surface area contributed by atoms with Gasteiger partial charge in [0, 0.05) is 11.6 Å². The summed E-state index contributed by atoms with van der Waals surface area (Å²) in [4.78, 5) is 0. The molecule has 1 N–H and O–H groups in total. The van der Waals surface area contributed by atoms with Gasteiger partial charge < -0.3 is 5.32 Å². The van der Waals surface area contributed by atoms with Gasteiger partial charge in [0.25, 0.3) is 0 Å². The van der Waals surface area contributed by atoms with E-state index in [0.29, 0.717) is 17.8 Å². The summed E-state index contributed by atoms with van der Waals surface area (Å²) in [5.74, 6) is -0.333. The second-order valence-electron chi connectivity index (χ2n) is 7.07. The van der Waals surface area contributed by atoms with Gasteiger partial charge in [-0.15, -0.1) is 0 Å². The SMILES string of the molecule is CCNC(Cc1c(F)cccc1F)C1CCC(C)(C)CC1. The third-order valence-corrected chi connectivity index (χ3v) is 4.90. The summed E-state index contributed by atoms with van der Waals surface area (Å²) in [6, 6.07) is 4.30. The molecule has 1 saturated carbocycles. The molecule has 1 atom stereocenters. The zero-order valence-electron chi connectivity index (χ0n) is 13.4. The summed E-state index contributed by atoms with van der Waals surface area (Å²) in [5.41, 5.74) is 0.643. The van der Waals surface area contributed by atoms with E-state index >= 15 is 0 Å². The summed E-state index contributed by atoms with van der Waals surface area (Å²) in [6.07, 6.45) is 5.11. The topological polar surface area (TPSA) is 12.0 Å². The zero-order chi connectivity index (χ0) is 15.5. The molecule has 3 heteroatoms. The highest BCUT2D eigenvalue weighted by Crippen LogP contribution is 2.39. The van der Waals surface area contributed by atoms with Gasteiger partial charge in [0.2, 0.25) is 0 Å². The molecule has 0 bridgehead atoms. The van der Waals surface area contributed by atoms with Gasteiger partial charge >= 0.3 is 0 Å². The van der Waals surface area contributed by atoms with E-state index in [1.54, 1.807) is 0 Å².